The highest BCUT2D eigenvalue weighted by atomic mass is 32.2. The van der Waals surface area contributed by atoms with Gasteiger partial charge < -0.3 is 23.4 Å². The topological polar surface area (TPSA) is 151 Å². The molecule has 198 valence electrons. The summed E-state index contributed by atoms with van der Waals surface area (Å²) in [4.78, 5) is 12.9. The third-order valence-electron chi connectivity index (χ3n) is 5.30. The summed E-state index contributed by atoms with van der Waals surface area (Å²) in [6.07, 6.45) is 0. The second-order valence-corrected chi connectivity index (χ2v) is 9.32. The lowest BCUT2D eigenvalue weighted by Gasteiger charge is -2.12. The number of hydrogen-bond acceptors (Lipinski definition) is 10. The minimum Gasteiger partial charge on any atom is -0.497 e. The van der Waals surface area contributed by atoms with E-state index in [2.05, 4.69) is 20.2 Å². The molecule has 0 atom stereocenters. The van der Waals surface area contributed by atoms with Crippen LogP contribution >= 0.6 is 0 Å². The van der Waals surface area contributed by atoms with Gasteiger partial charge in [-0.25, -0.2) is 8.42 Å². The molecule has 38 heavy (non-hydrogen) atoms. The quantitative estimate of drug-likeness (QED) is 0.304. The summed E-state index contributed by atoms with van der Waals surface area (Å²) in [6, 6.07) is 14.9. The van der Waals surface area contributed by atoms with Crippen molar-refractivity contribution < 1.29 is 36.6 Å². The van der Waals surface area contributed by atoms with Crippen LogP contribution in [0.1, 0.15) is 10.4 Å². The van der Waals surface area contributed by atoms with Gasteiger partial charge in [-0.3, -0.25) is 14.8 Å². The van der Waals surface area contributed by atoms with Crippen LogP contribution in [0.2, 0.25) is 0 Å². The summed E-state index contributed by atoms with van der Waals surface area (Å²) in [7, 11) is 2.04. The van der Waals surface area contributed by atoms with Gasteiger partial charge in [0.2, 0.25) is 11.6 Å². The lowest BCUT2D eigenvalue weighted by molar-refractivity contribution is 0.102. The molecule has 0 spiro atoms. The molecular weight excluding hydrogens is 516 g/mol. The van der Waals surface area contributed by atoms with E-state index in [1.54, 1.807) is 12.1 Å². The van der Waals surface area contributed by atoms with E-state index in [1.165, 1.54) is 77.0 Å². The molecule has 0 bridgehead atoms. The van der Waals surface area contributed by atoms with Crippen LogP contribution in [0.4, 0.5) is 11.7 Å². The van der Waals surface area contributed by atoms with Gasteiger partial charge in [-0.05, 0) is 54.6 Å². The molecule has 4 aromatic rings. The zero-order valence-electron chi connectivity index (χ0n) is 20.8. The molecule has 0 saturated heterocycles. The van der Waals surface area contributed by atoms with Gasteiger partial charge in [0.15, 0.2) is 11.5 Å². The van der Waals surface area contributed by atoms with E-state index in [4.69, 9.17) is 23.4 Å². The Bertz CT molecular complexity index is 1530. The smallest absolute Gasteiger partial charge is 0.322 e. The molecule has 1 heterocycles. The molecule has 0 aliphatic rings. The number of nitrogens with one attached hydrogen (secondary N) is 2. The van der Waals surface area contributed by atoms with Gasteiger partial charge in [-0.15, -0.1) is 5.10 Å². The Morgan fingerprint density at radius 1 is 0.842 bits per heavy atom. The fraction of sp³-hybridized carbons (Fsp3) is 0.160. The number of amides is 1. The van der Waals surface area contributed by atoms with E-state index in [-0.39, 0.29) is 28.1 Å². The van der Waals surface area contributed by atoms with E-state index in [0.29, 0.717) is 28.6 Å². The number of ether oxygens (including phenoxy) is 4. The molecule has 1 amide bonds. The molecule has 0 unspecified atom stereocenters. The van der Waals surface area contributed by atoms with Crippen molar-refractivity contribution in [3.63, 3.8) is 0 Å². The maximum atomic E-state index is 12.8. The maximum Gasteiger partial charge on any atom is 0.322 e. The Morgan fingerprint density at radius 2 is 1.53 bits per heavy atom. The largest absolute Gasteiger partial charge is 0.497 e. The van der Waals surface area contributed by atoms with Crippen molar-refractivity contribution in [3.8, 4) is 34.5 Å². The molecule has 0 fully saturated rings. The van der Waals surface area contributed by atoms with Crippen molar-refractivity contribution in [3.05, 3.63) is 66.2 Å². The highest BCUT2D eigenvalue weighted by molar-refractivity contribution is 7.92. The van der Waals surface area contributed by atoms with E-state index in [1.807, 2.05) is 0 Å². The number of nitrogens with zero attached hydrogens (tertiary/aromatic N) is 2. The summed E-state index contributed by atoms with van der Waals surface area (Å²) in [5, 5.41) is 10.3. The number of aromatic nitrogens is 2. The van der Waals surface area contributed by atoms with Gasteiger partial charge in [0.25, 0.3) is 15.9 Å². The molecule has 0 aliphatic heterocycles. The van der Waals surface area contributed by atoms with Crippen molar-refractivity contribution in [2.24, 2.45) is 0 Å². The van der Waals surface area contributed by atoms with Crippen LogP contribution in [0.3, 0.4) is 0 Å². The second kappa shape index (κ2) is 11.1. The zero-order valence-corrected chi connectivity index (χ0v) is 21.7. The number of anilines is 2. The third kappa shape index (κ3) is 5.62. The van der Waals surface area contributed by atoms with Crippen molar-refractivity contribution in [2.45, 2.75) is 4.90 Å². The Hall–Kier alpha value is -4.78. The SMILES string of the molecule is COc1ccc(S(=O)(=O)Nc2cccc(C(=O)Nc3nnc(-c4cc(OC)c(OC)c(OC)c4)o3)c2)cc1. The van der Waals surface area contributed by atoms with Gasteiger partial charge in [0.1, 0.15) is 5.75 Å². The van der Waals surface area contributed by atoms with Gasteiger partial charge in [-0.2, -0.15) is 0 Å². The van der Waals surface area contributed by atoms with Gasteiger partial charge in [-0.1, -0.05) is 11.2 Å². The van der Waals surface area contributed by atoms with Crippen LogP contribution in [0.5, 0.6) is 23.0 Å². The first kappa shape index (κ1) is 26.3. The van der Waals surface area contributed by atoms with Crippen LogP contribution in [0, 0.1) is 0 Å². The van der Waals surface area contributed by atoms with Crippen LogP contribution in [-0.2, 0) is 10.0 Å². The van der Waals surface area contributed by atoms with Crippen LogP contribution in [-0.4, -0.2) is 53.0 Å². The minimum absolute atomic E-state index is 0.0401. The Morgan fingerprint density at radius 3 is 2.13 bits per heavy atom. The van der Waals surface area contributed by atoms with E-state index >= 15 is 0 Å². The van der Waals surface area contributed by atoms with E-state index in [0.717, 1.165) is 0 Å². The fourth-order valence-electron chi connectivity index (χ4n) is 3.46. The summed E-state index contributed by atoms with van der Waals surface area (Å²) in [5.74, 6) is 1.21. The predicted octanol–water partition coefficient (Wildman–Crippen LogP) is 3.82. The summed E-state index contributed by atoms with van der Waals surface area (Å²) in [5.41, 5.74) is 0.826. The predicted molar refractivity (Wildman–Crippen MR) is 138 cm³/mol. The molecule has 0 saturated carbocycles. The molecule has 13 heteroatoms. The maximum absolute atomic E-state index is 12.8. The highest BCUT2D eigenvalue weighted by Gasteiger charge is 2.19. The first-order valence-electron chi connectivity index (χ1n) is 11.0. The van der Waals surface area contributed by atoms with E-state index in [9.17, 15) is 13.2 Å². The Balaban J connectivity index is 1.50. The normalized spacial score (nSPS) is 10.9. The summed E-state index contributed by atoms with van der Waals surface area (Å²) >= 11 is 0. The molecule has 0 aliphatic carbocycles. The number of carbonyl (C=O) groups excluding carboxylic acids is 1. The first-order valence-corrected chi connectivity index (χ1v) is 12.5. The standard InChI is InChI=1S/C25H24N4O8S/c1-33-18-8-10-19(11-9-18)38(31,32)29-17-7-5-6-15(12-17)23(30)26-25-28-27-24(37-25)16-13-20(34-2)22(36-4)21(14-16)35-3/h5-14,29H,1-4H3,(H,26,28,30). The number of methoxy groups -OCH3 is 4. The third-order valence-corrected chi connectivity index (χ3v) is 6.70. The average Bonchev–Trinajstić information content (AvgIpc) is 3.40. The number of hydrogen-bond donors (Lipinski definition) is 2. The number of sulfonamides is 1. The fourth-order valence-corrected chi connectivity index (χ4v) is 4.51. The molecule has 2 N–H and O–H groups in total. The number of carbonyl (C=O) groups is 1. The highest BCUT2D eigenvalue weighted by Crippen LogP contribution is 2.41. The molecule has 1 aromatic heterocycles. The summed E-state index contributed by atoms with van der Waals surface area (Å²) in [6.45, 7) is 0. The second-order valence-electron chi connectivity index (χ2n) is 7.64. The summed E-state index contributed by atoms with van der Waals surface area (Å²) < 4.78 is 54.5. The van der Waals surface area contributed by atoms with E-state index < -0.39 is 15.9 Å². The number of benzene rings is 3. The van der Waals surface area contributed by atoms with Crippen LogP contribution in [0.15, 0.2) is 70.0 Å². The van der Waals surface area contributed by atoms with Gasteiger partial charge in [0.05, 0.1) is 33.3 Å². The zero-order chi connectivity index (χ0) is 27.3. The minimum atomic E-state index is -3.89. The lowest BCUT2D eigenvalue weighted by Crippen LogP contribution is -2.15. The molecular formula is C25H24N4O8S. The van der Waals surface area contributed by atoms with Crippen molar-refractivity contribution in [1.29, 1.82) is 0 Å². The Labute approximate surface area is 218 Å². The van der Waals surface area contributed by atoms with Crippen molar-refractivity contribution in [1.82, 2.24) is 10.2 Å². The monoisotopic (exact) mass is 540 g/mol. The molecule has 4 rings (SSSR count). The average molecular weight is 541 g/mol. The van der Waals surface area contributed by atoms with Gasteiger partial charge in [0, 0.05) is 16.8 Å². The van der Waals surface area contributed by atoms with Crippen molar-refractivity contribution in [2.75, 3.05) is 38.5 Å². The van der Waals surface area contributed by atoms with Gasteiger partial charge >= 0.3 is 6.01 Å². The first-order chi connectivity index (χ1) is 18.3. The van der Waals surface area contributed by atoms with Crippen LogP contribution in [0.25, 0.3) is 11.5 Å². The number of rotatable bonds is 10. The molecule has 12 nitrogen and oxygen atoms in total. The van der Waals surface area contributed by atoms with Crippen molar-refractivity contribution >= 4 is 27.6 Å². The molecule has 0 radical (unpaired) electrons. The molecule has 3 aromatic carbocycles. The Kier molecular flexibility index (Phi) is 7.67. The lowest BCUT2D eigenvalue weighted by atomic mass is 10.2. The van der Waals surface area contributed by atoms with Crippen LogP contribution < -0.4 is 29.0 Å².